The van der Waals surface area contributed by atoms with E-state index in [0.717, 1.165) is 32.1 Å². The molecule has 1 aliphatic rings. The summed E-state index contributed by atoms with van der Waals surface area (Å²) in [5.41, 5.74) is 1.12. The minimum Gasteiger partial charge on any atom is -0.466 e. The number of anilines is 1. The van der Waals surface area contributed by atoms with Crippen LogP contribution >= 0.6 is 0 Å². The maximum Gasteiger partial charge on any atom is 0.302 e. The third-order valence-corrected chi connectivity index (χ3v) is 4.63. The Labute approximate surface area is 157 Å². The van der Waals surface area contributed by atoms with Crippen molar-refractivity contribution in [2.45, 2.75) is 58.9 Å². The number of non-ortho nitro benzene ring substituents is 1. The van der Waals surface area contributed by atoms with Crippen molar-refractivity contribution in [2.75, 3.05) is 11.9 Å². The van der Waals surface area contributed by atoms with Crippen molar-refractivity contribution in [1.29, 1.82) is 0 Å². The predicted octanol–water partition coefficient (Wildman–Crippen LogP) is 4.08. The first-order valence-electron chi connectivity index (χ1n) is 9.34. The van der Waals surface area contributed by atoms with Gasteiger partial charge in [-0.2, -0.15) is 0 Å². The number of esters is 1. The predicted molar refractivity (Wildman–Crippen MR) is 100 cm³/mol. The molecule has 2 aromatic rings. The van der Waals surface area contributed by atoms with Gasteiger partial charge in [-0.15, -0.1) is 0 Å². The molecule has 0 bridgehead atoms. The first-order valence-corrected chi connectivity index (χ1v) is 9.34. The molecule has 9 nitrogen and oxygen atoms in total. The number of hydrogen-bond acceptors (Lipinski definition) is 8. The number of carbonyl (C=O) groups excluding carboxylic acids is 1. The number of hydrogen-bond donors (Lipinski definition) is 1. The topological polar surface area (TPSA) is 120 Å². The summed E-state index contributed by atoms with van der Waals surface area (Å²) >= 11 is 0. The maximum absolute atomic E-state index is 11.0. The monoisotopic (exact) mass is 378 g/mol. The van der Waals surface area contributed by atoms with Crippen LogP contribution in [-0.4, -0.2) is 33.9 Å². The zero-order valence-electron chi connectivity index (χ0n) is 15.9. The van der Waals surface area contributed by atoms with Crippen molar-refractivity contribution >= 4 is 28.4 Å². The molecule has 148 valence electrons. The Morgan fingerprint density at radius 2 is 1.93 bits per heavy atom. The van der Waals surface area contributed by atoms with Crippen LogP contribution in [0.4, 0.5) is 11.4 Å². The van der Waals surface area contributed by atoms with Gasteiger partial charge in [-0.05, 0) is 54.4 Å². The van der Waals surface area contributed by atoms with Crippen LogP contribution in [0, 0.1) is 16.0 Å². The van der Waals surface area contributed by atoms with E-state index in [-0.39, 0.29) is 23.2 Å². The lowest BCUT2D eigenvalue weighted by Gasteiger charge is -2.29. The van der Waals surface area contributed by atoms with E-state index in [9.17, 15) is 14.9 Å². The van der Waals surface area contributed by atoms with E-state index in [1.165, 1.54) is 13.0 Å². The van der Waals surface area contributed by atoms with Gasteiger partial charge >= 0.3 is 11.7 Å². The molecule has 1 fully saturated rings. The van der Waals surface area contributed by atoms with Gasteiger partial charge in [0.15, 0.2) is 5.52 Å². The number of rotatable bonds is 6. The van der Waals surface area contributed by atoms with Gasteiger partial charge in [0.2, 0.25) is 5.52 Å². The van der Waals surface area contributed by atoms with E-state index >= 15 is 0 Å². The summed E-state index contributed by atoms with van der Waals surface area (Å²) in [6.45, 7) is 5.90. The van der Waals surface area contributed by atoms with Crippen LogP contribution < -0.4 is 5.32 Å². The second-order valence-corrected chi connectivity index (χ2v) is 6.34. The molecular formula is C18H26N4O5. The first kappa shape index (κ1) is 20.6. The molecule has 1 saturated carbocycles. The SMILES string of the molecule is CC.CC(=O)OCCC1CCC(Nc2ccc([N+](=O)[O-])c3nonc23)CC1. The summed E-state index contributed by atoms with van der Waals surface area (Å²) in [6, 6.07) is 3.34. The molecule has 27 heavy (non-hydrogen) atoms. The van der Waals surface area contributed by atoms with Crippen molar-refractivity contribution < 1.29 is 19.1 Å². The number of benzene rings is 1. The molecule has 0 spiro atoms. The zero-order chi connectivity index (χ0) is 19.8. The zero-order valence-corrected chi connectivity index (χ0v) is 15.9. The van der Waals surface area contributed by atoms with Crippen LogP contribution in [0.15, 0.2) is 16.8 Å². The van der Waals surface area contributed by atoms with Crippen molar-refractivity contribution in [2.24, 2.45) is 5.92 Å². The Kier molecular flexibility index (Phi) is 7.51. The summed E-state index contributed by atoms with van der Waals surface area (Å²) < 4.78 is 9.68. The lowest BCUT2D eigenvalue weighted by molar-refractivity contribution is -0.383. The average Bonchev–Trinajstić information content (AvgIpc) is 3.14. The van der Waals surface area contributed by atoms with E-state index in [2.05, 4.69) is 20.3 Å². The van der Waals surface area contributed by atoms with Crippen LogP contribution in [0.1, 0.15) is 52.9 Å². The fraction of sp³-hybridized carbons (Fsp3) is 0.611. The molecule has 3 rings (SSSR count). The van der Waals surface area contributed by atoms with Gasteiger partial charge in [-0.1, -0.05) is 13.8 Å². The Morgan fingerprint density at radius 3 is 2.56 bits per heavy atom. The van der Waals surface area contributed by atoms with Crippen molar-refractivity contribution in [3.05, 3.63) is 22.2 Å². The standard InChI is InChI=1S/C16H20N4O5.C2H6/c1-10(21)24-9-8-11-2-4-12(5-3-11)17-13-6-7-14(20(22)23)16-15(13)18-25-19-16;1-2/h6-7,11-12,17H,2-5,8-9H2,1H3;1-2H3. The van der Waals surface area contributed by atoms with Crippen molar-refractivity contribution in [3.63, 3.8) is 0 Å². The highest BCUT2D eigenvalue weighted by molar-refractivity contribution is 5.93. The highest BCUT2D eigenvalue weighted by Crippen LogP contribution is 2.32. The van der Waals surface area contributed by atoms with E-state index in [1.54, 1.807) is 6.07 Å². The molecule has 9 heteroatoms. The Morgan fingerprint density at radius 1 is 1.26 bits per heavy atom. The van der Waals surface area contributed by atoms with Gasteiger partial charge in [0.25, 0.3) is 0 Å². The number of aromatic nitrogens is 2. The molecule has 1 heterocycles. The molecule has 0 aliphatic heterocycles. The highest BCUT2D eigenvalue weighted by atomic mass is 16.6. The van der Waals surface area contributed by atoms with Gasteiger partial charge in [0.05, 0.1) is 17.2 Å². The number of nitrogens with zero attached hydrogens (tertiary/aromatic N) is 3. The number of nitrogens with one attached hydrogen (secondary N) is 1. The minimum absolute atomic E-state index is 0.115. The van der Waals surface area contributed by atoms with Crippen LogP contribution in [0.3, 0.4) is 0 Å². The fourth-order valence-corrected chi connectivity index (χ4v) is 3.30. The lowest BCUT2D eigenvalue weighted by Crippen LogP contribution is -2.26. The summed E-state index contributed by atoms with van der Waals surface area (Å²) in [5, 5.41) is 21.9. The Bertz CT molecular complexity index is 768. The Hall–Kier alpha value is -2.71. The van der Waals surface area contributed by atoms with Gasteiger partial charge in [-0.3, -0.25) is 14.9 Å². The third-order valence-electron chi connectivity index (χ3n) is 4.63. The lowest BCUT2D eigenvalue weighted by atomic mass is 9.84. The largest absolute Gasteiger partial charge is 0.466 e. The minimum atomic E-state index is -0.495. The molecule has 1 aromatic carbocycles. The molecule has 1 N–H and O–H groups in total. The molecular weight excluding hydrogens is 352 g/mol. The first-order chi connectivity index (χ1) is 13.0. The van der Waals surface area contributed by atoms with Crippen molar-refractivity contribution in [1.82, 2.24) is 10.3 Å². The smallest absolute Gasteiger partial charge is 0.302 e. The summed E-state index contributed by atoms with van der Waals surface area (Å²) in [4.78, 5) is 21.3. The quantitative estimate of drug-likeness (QED) is 0.453. The van der Waals surface area contributed by atoms with E-state index in [0.29, 0.717) is 23.7 Å². The third kappa shape index (κ3) is 5.38. The van der Waals surface area contributed by atoms with E-state index < -0.39 is 4.92 Å². The average molecular weight is 378 g/mol. The molecule has 1 aromatic heterocycles. The normalized spacial score (nSPS) is 19.1. The van der Waals surface area contributed by atoms with Gasteiger partial charge in [0.1, 0.15) is 0 Å². The van der Waals surface area contributed by atoms with Crippen LogP contribution in [0.5, 0.6) is 0 Å². The molecule has 1 aliphatic carbocycles. The van der Waals surface area contributed by atoms with Crippen molar-refractivity contribution in [3.8, 4) is 0 Å². The van der Waals surface area contributed by atoms with Crippen LogP contribution in [0.2, 0.25) is 0 Å². The van der Waals surface area contributed by atoms with E-state index in [4.69, 9.17) is 4.74 Å². The number of ether oxygens (including phenoxy) is 1. The second-order valence-electron chi connectivity index (χ2n) is 6.34. The molecule has 0 radical (unpaired) electrons. The van der Waals surface area contributed by atoms with E-state index in [1.807, 2.05) is 13.8 Å². The van der Waals surface area contributed by atoms with Gasteiger partial charge in [0, 0.05) is 19.0 Å². The second kappa shape index (κ2) is 9.84. The number of fused-ring (bicyclic) bond motifs is 1. The van der Waals surface area contributed by atoms with Gasteiger partial charge in [-0.25, -0.2) is 4.63 Å². The number of carbonyl (C=O) groups is 1. The summed E-state index contributed by atoms with van der Waals surface area (Å²) in [7, 11) is 0. The summed E-state index contributed by atoms with van der Waals surface area (Å²) in [6.07, 6.45) is 4.95. The highest BCUT2D eigenvalue weighted by Gasteiger charge is 2.24. The number of nitro groups is 1. The molecule has 0 unspecified atom stereocenters. The molecule has 0 amide bonds. The van der Waals surface area contributed by atoms with Crippen LogP contribution in [-0.2, 0) is 9.53 Å². The molecule has 0 saturated heterocycles. The Balaban J connectivity index is 0.00000126. The number of nitro benzene ring substituents is 1. The fourth-order valence-electron chi connectivity index (χ4n) is 3.30. The summed E-state index contributed by atoms with van der Waals surface area (Å²) in [5.74, 6) is 0.321. The maximum atomic E-state index is 11.0. The molecule has 0 atom stereocenters. The van der Waals surface area contributed by atoms with Crippen LogP contribution in [0.25, 0.3) is 11.0 Å². The van der Waals surface area contributed by atoms with Gasteiger partial charge < -0.3 is 10.1 Å².